The van der Waals surface area contributed by atoms with Crippen molar-refractivity contribution in [2.75, 3.05) is 6.61 Å². The highest BCUT2D eigenvalue weighted by atomic mass is 16.6. The Morgan fingerprint density at radius 1 is 1.02 bits per heavy atom. The van der Waals surface area contributed by atoms with Gasteiger partial charge >= 0.3 is 11.9 Å². The minimum atomic E-state index is -0.873. The fraction of sp³-hybridized carbons (Fsp3) is 0.889. The Morgan fingerprint density at radius 2 is 1.76 bits per heavy atom. The van der Waals surface area contributed by atoms with E-state index in [2.05, 4.69) is 40.7 Å². The number of carbonyl (C=O) groups excluding carboxylic acids is 2. The predicted molar refractivity (Wildman–Crippen MR) is 164 cm³/mol. The minimum Gasteiger partial charge on any atom is -0.462 e. The van der Waals surface area contributed by atoms with Crippen molar-refractivity contribution in [1.29, 1.82) is 0 Å². The Kier molecular flexibility index (Phi) is 10.1. The van der Waals surface area contributed by atoms with E-state index in [1.165, 1.54) is 56.9 Å². The van der Waals surface area contributed by atoms with Crippen LogP contribution in [0, 0.1) is 52.3 Å². The molecule has 5 heteroatoms. The largest absolute Gasteiger partial charge is 0.462 e. The zero-order valence-corrected chi connectivity index (χ0v) is 27.5. The number of rotatable bonds is 10. The van der Waals surface area contributed by atoms with Crippen molar-refractivity contribution in [2.45, 2.75) is 144 Å². The second kappa shape index (κ2) is 12.7. The number of allylic oxidation sites excluding steroid dienone is 1. The van der Waals surface area contributed by atoms with E-state index in [0.717, 1.165) is 54.8 Å². The van der Waals surface area contributed by atoms with Crippen LogP contribution in [0.2, 0.25) is 0 Å². The molecule has 3 saturated carbocycles. The molecule has 4 aliphatic rings. The van der Waals surface area contributed by atoms with Crippen molar-refractivity contribution in [2.24, 2.45) is 52.3 Å². The number of fused-ring (bicyclic) bond motifs is 5. The molecule has 0 aromatic heterocycles. The molecule has 3 fully saturated rings. The molecule has 0 aliphatic heterocycles. The Morgan fingerprint density at radius 3 is 2.41 bits per heavy atom. The number of carbonyl (C=O) groups is 2. The summed E-state index contributed by atoms with van der Waals surface area (Å²) in [5.74, 6) is 3.02. The van der Waals surface area contributed by atoms with Crippen molar-refractivity contribution in [1.82, 2.24) is 0 Å². The monoisotopic (exact) mass is 572 g/mol. The van der Waals surface area contributed by atoms with Gasteiger partial charge in [0.05, 0.1) is 18.9 Å². The summed E-state index contributed by atoms with van der Waals surface area (Å²) in [5, 5.41) is 9.82. The molecule has 1 N–H and O–H groups in total. The van der Waals surface area contributed by atoms with Gasteiger partial charge in [-0.3, -0.25) is 9.59 Å². The van der Waals surface area contributed by atoms with Crippen molar-refractivity contribution in [3.05, 3.63) is 11.6 Å². The van der Waals surface area contributed by atoms with Crippen LogP contribution in [0.25, 0.3) is 0 Å². The molecule has 234 valence electrons. The fourth-order valence-electron chi connectivity index (χ4n) is 9.82. The van der Waals surface area contributed by atoms with Gasteiger partial charge in [-0.25, -0.2) is 0 Å². The van der Waals surface area contributed by atoms with Gasteiger partial charge in [-0.2, -0.15) is 0 Å². The maximum absolute atomic E-state index is 12.9. The first kappa shape index (κ1) is 32.6. The first-order valence-corrected chi connectivity index (χ1v) is 16.9. The van der Waals surface area contributed by atoms with Crippen LogP contribution >= 0.6 is 0 Å². The summed E-state index contributed by atoms with van der Waals surface area (Å²) in [6, 6.07) is 0. The standard InChI is InChI=1S/C36H60O5/c1-23(2)10-9-11-24(3)29-14-15-30-28-13-12-26-21-27(16-18-35(26,7)31(28)17-19-36(29,30)8)40-33(39)25(22-37)20-32(38)41-34(4,5)6/h12,23-25,27-31,37H,9-11,13-22H2,1-8H3/t24-,25?,27+,28?,29-,30?,31?,35+,36-/m1/s1. The van der Waals surface area contributed by atoms with Crippen LogP contribution in [0.3, 0.4) is 0 Å². The fourth-order valence-corrected chi connectivity index (χ4v) is 9.82. The van der Waals surface area contributed by atoms with E-state index in [1.807, 2.05) is 0 Å². The zero-order valence-electron chi connectivity index (χ0n) is 27.5. The molecule has 4 aliphatic carbocycles. The van der Waals surface area contributed by atoms with E-state index in [1.54, 1.807) is 20.8 Å². The minimum absolute atomic E-state index is 0.152. The van der Waals surface area contributed by atoms with Gasteiger partial charge in [-0.05, 0) is 112 Å². The van der Waals surface area contributed by atoms with Crippen LogP contribution in [0.1, 0.15) is 132 Å². The van der Waals surface area contributed by atoms with Gasteiger partial charge in [0.2, 0.25) is 0 Å². The molecule has 0 aromatic rings. The summed E-state index contributed by atoms with van der Waals surface area (Å²) in [6.07, 6.45) is 15.7. The molecule has 5 nitrogen and oxygen atoms in total. The van der Waals surface area contributed by atoms with Crippen molar-refractivity contribution in [3.63, 3.8) is 0 Å². The lowest BCUT2D eigenvalue weighted by Gasteiger charge is -2.58. The van der Waals surface area contributed by atoms with Crippen molar-refractivity contribution >= 4 is 11.9 Å². The highest BCUT2D eigenvalue weighted by Crippen LogP contribution is 2.67. The number of aliphatic hydroxyl groups is 1. The number of hydrogen-bond donors (Lipinski definition) is 1. The van der Waals surface area contributed by atoms with E-state index in [4.69, 9.17) is 9.47 Å². The highest BCUT2D eigenvalue weighted by Gasteiger charge is 2.59. The van der Waals surface area contributed by atoms with Gasteiger partial charge in [0.25, 0.3) is 0 Å². The molecule has 41 heavy (non-hydrogen) atoms. The number of aliphatic hydroxyl groups excluding tert-OH is 1. The molecule has 0 bridgehead atoms. The lowest BCUT2D eigenvalue weighted by atomic mass is 9.47. The van der Waals surface area contributed by atoms with E-state index < -0.39 is 30.1 Å². The summed E-state index contributed by atoms with van der Waals surface area (Å²) < 4.78 is 11.3. The van der Waals surface area contributed by atoms with Crippen LogP contribution in [-0.4, -0.2) is 35.4 Å². The molecular formula is C36H60O5. The van der Waals surface area contributed by atoms with Crippen LogP contribution < -0.4 is 0 Å². The Hall–Kier alpha value is -1.36. The predicted octanol–water partition coefficient (Wildman–Crippen LogP) is 8.28. The maximum Gasteiger partial charge on any atom is 0.312 e. The molecule has 9 atom stereocenters. The lowest BCUT2D eigenvalue weighted by Crippen LogP contribution is -2.51. The molecule has 0 amide bonds. The first-order valence-electron chi connectivity index (χ1n) is 16.9. The van der Waals surface area contributed by atoms with Gasteiger partial charge in [0, 0.05) is 6.42 Å². The summed E-state index contributed by atoms with van der Waals surface area (Å²) in [4.78, 5) is 25.2. The number of hydrogen-bond acceptors (Lipinski definition) is 5. The third kappa shape index (κ3) is 7.07. The van der Waals surface area contributed by atoms with E-state index >= 15 is 0 Å². The van der Waals surface area contributed by atoms with Gasteiger partial charge in [0.15, 0.2) is 0 Å². The molecule has 0 spiro atoms. The summed E-state index contributed by atoms with van der Waals surface area (Å²) in [5.41, 5.74) is 1.54. The average Bonchev–Trinajstić information content (AvgIpc) is 3.23. The molecule has 0 radical (unpaired) electrons. The van der Waals surface area contributed by atoms with E-state index in [9.17, 15) is 14.7 Å². The Balaban J connectivity index is 1.37. The van der Waals surface area contributed by atoms with E-state index in [0.29, 0.717) is 5.41 Å². The topological polar surface area (TPSA) is 72.8 Å². The number of esters is 2. The Bertz CT molecular complexity index is 962. The molecule has 0 saturated heterocycles. The van der Waals surface area contributed by atoms with Gasteiger partial charge in [-0.1, -0.05) is 65.5 Å². The second-order valence-corrected chi connectivity index (χ2v) is 16.3. The van der Waals surface area contributed by atoms with Crippen LogP contribution in [0.15, 0.2) is 11.6 Å². The Labute approximate surface area is 250 Å². The molecule has 0 heterocycles. The van der Waals surface area contributed by atoms with E-state index in [-0.39, 0.29) is 17.9 Å². The third-order valence-electron chi connectivity index (χ3n) is 11.9. The molecule has 0 aromatic carbocycles. The van der Waals surface area contributed by atoms with Crippen molar-refractivity contribution < 1.29 is 24.2 Å². The summed E-state index contributed by atoms with van der Waals surface area (Å²) in [7, 11) is 0. The zero-order chi connectivity index (χ0) is 30.2. The summed E-state index contributed by atoms with van der Waals surface area (Å²) in [6.45, 7) is 17.4. The van der Waals surface area contributed by atoms with Gasteiger partial charge in [0.1, 0.15) is 11.7 Å². The SMILES string of the molecule is CC(C)CCC[C@@H](C)[C@H]1CCC2C3CC=C4C[C@@H](OC(=O)C(CO)CC(=O)OC(C)(C)C)CC[C@]4(C)C3CC[C@@]21C. The van der Waals surface area contributed by atoms with Gasteiger partial charge < -0.3 is 14.6 Å². The molecule has 4 unspecified atom stereocenters. The summed E-state index contributed by atoms with van der Waals surface area (Å²) >= 11 is 0. The third-order valence-corrected chi connectivity index (χ3v) is 11.9. The quantitative estimate of drug-likeness (QED) is 0.211. The van der Waals surface area contributed by atoms with Gasteiger partial charge in [-0.15, -0.1) is 0 Å². The number of ether oxygens (including phenoxy) is 2. The van der Waals surface area contributed by atoms with Crippen LogP contribution in [-0.2, 0) is 19.1 Å². The smallest absolute Gasteiger partial charge is 0.312 e. The average molecular weight is 573 g/mol. The van der Waals surface area contributed by atoms with Crippen LogP contribution in [0.4, 0.5) is 0 Å². The molecular weight excluding hydrogens is 512 g/mol. The molecule has 4 rings (SSSR count). The normalized spacial score (nSPS) is 36.4. The lowest BCUT2D eigenvalue weighted by molar-refractivity contribution is -0.166. The van der Waals surface area contributed by atoms with Crippen molar-refractivity contribution in [3.8, 4) is 0 Å². The second-order valence-electron chi connectivity index (χ2n) is 16.3. The highest BCUT2D eigenvalue weighted by molar-refractivity contribution is 5.80. The first-order chi connectivity index (χ1) is 19.2. The maximum atomic E-state index is 12.9. The van der Waals surface area contributed by atoms with Crippen LogP contribution in [0.5, 0.6) is 0 Å².